The Balaban J connectivity index is 4.13. The first-order valence-electron chi connectivity index (χ1n) is 2.93. The first-order chi connectivity index (χ1) is 5.04. The van der Waals surface area contributed by atoms with Crippen molar-refractivity contribution in [1.29, 1.82) is 0 Å². The van der Waals surface area contributed by atoms with Gasteiger partial charge in [0.2, 0.25) is 5.24 Å². The Morgan fingerprint density at radius 3 is 2.36 bits per heavy atom. The van der Waals surface area contributed by atoms with Gasteiger partial charge in [-0.25, -0.2) is 0 Å². The molecule has 0 aromatic heterocycles. The van der Waals surface area contributed by atoms with Crippen molar-refractivity contribution in [3.63, 3.8) is 0 Å². The highest BCUT2D eigenvalue weighted by Crippen LogP contribution is 2.01. The standard InChI is InChI=1S/C8H8Cl2O/c1-6(8(10)11)4-3-5-7(2)9/h3-5H,2H2,1H3. The third kappa shape index (κ3) is 5.89. The SMILES string of the molecule is C=C(Cl)C=CC=C(C)C(=O)Cl. The molecular formula is C8H8Cl2O. The first kappa shape index (κ1) is 10.5. The van der Waals surface area contributed by atoms with Gasteiger partial charge in [0.05, 0.1) is 0 Å². The van der Waals surface area contributed by atoms with E-state index in [0.29, 0.717) is 10.6 Å². The molecule has 0 fully saturated rings. The maximum atomic E-state index is 10.4. The fourth-order valence-corrected chi connectivity index (χ4v) is 0.498. The van der Waals surface area contributed by atoms with Crippen LogP contribution in [0.5, 0.6) is 0 Å². The predicted octanol–water partition coefficient (Wildman–Crippen LogP) is 3.01. The number of carbonyl (C=O) groups excluding carboxylic acids is 1. The zero-order valence-corrected chi connectivity index (χ0v) is 7.62. The molecule has 0 aromatic rings. The largest absolute Gasteiger partial charge is 0.276 e. The van der Waals surface area contributed by atoms with Gasteiger partial charge in [-0.1, -0.05) is 30.3 Å². The average molecular weight is 191 g/mol. The van der Waals surface area contributed by atoms with Crippen molar-refractivity contribution in [1.82, 2.24) is 0 Å². The zero-order chi connectivity index (χ0) is 8.85. The summed E-state index contributed by atoms with van der Waals surface area (Å²) in [6.07, 6.45) is 4.76. The third-order valence-corrected chi connectivity index (χ3v) is 1.36. The van der Waals surface area contributed by atoms with Crippen molar-refractivity contribution in [3.05, 3.63) is 35.4 Å². The first-order valence-corrected chi connectivity index (χ1v) is 3.69. The Bertz CT molecular complexity index is 226. The Kier molecular flexibility index (Phi) is 4.92. The van der Waals surface area contributed by atoms with Crippen LogP contribution in [0.3, 0.4) is 0 Å². The molecule has 0 spiro atoms. The van der Waals surface area contributed by atoms with Gasteiger partial charge in [-0.15, -0.1) is 0 Å². The molecule has 0 atom stereocenters. The highest BCUT2D eigenvalue weighted by atomic mass is 35.5. The lowest BCUT2D eigenvalue weighted by molar-refractivity contribution is -0.108. The van der Waals surface area contributed by atoms with E-state index >= 15 is 0 Å². The molecule has 0 saturated carbocycles. The molecule has 0 saturated heterocycles. The molecule has 0 aliphatic carbocycles. The summed E-state index contributed by atoms with van der Waals surface area (Å²) in [6, 6.07) is 0. The van der Waals surface area contributed by atoms with Gasteiger partial charge in [-0.2, -0.15) is 0 Å². The maximum absolute atomic E-state index is 10.4. The van der Waals surface area contributed by atoms with Gasteiger partial charge in [-0.3, -0.25) is 4.79 Å². The van der Waals surface area contributed by atoms with Crippen molar-refractivity contribution in [3.8, 4) is 0 Å². The molecule has 0 amide bonds. The smallest absolute Gasteiger partial charge is 0.248 e. The quantitative estimate of drug-likeness (QED) is 0.380. The minimum absolute atomic E-state index is 0.413. The van der Waals surface area contributed by atoms with Crippen LogP contribution in [0.25, 0.3) is 0 Å². The second-order valence-corrected chi connectivity index (χ2v) is 2.76. The van der Waals surface area contributed by atoms with Crippen LogP contribution < -0.4 is 0 Å². The van der Waals surface area contributed by atoms with E-state index in [9.17, 15) is 4.79 Å². The fraction of sp³-hybridized carbons (Fsp3) is 0.125. The van der Waals surface area contributed by atoms with Crippen LogP contribution in [0.4, 0.5) is 0 Å². The molecular weight excluding hydrogens is 183 g/mol. The third-order valence-electron chi connectivity index (χ3n) is 0.933. The molecule has 0 bridgehead atoms. The topological polar surface area (TPSA) is 17.1 Å². The highest BCUT2D eigenvalue weighted by molar-refractivity contribution is 6.67. The molecule has 1 nitrogen and oxygen atoms in total. The number of halogens is 2. The number of hydrogen-bond acceptors (Lipinski definition) is 1. The summed E-state index contributed by atoms with van der Waals surface area (Å²) in [4.78, 5) is 10.4. The van der Waals surface area contributed by atoms with Gasteiger partial charge in [0.15, 0.2) is 0 Å². The van der Waals surface area contributed by atoms with Gasteiger partial charge in [0.25, 0.3) is 0 Å². The van der Waals surface area contributed by atoms with Crippen LogP contribution in [-0.4, -0.2) is 5.24 Å². The second-order valence-electron chi connectivity index (χ2n) is 1.93. The Hall–Kier alpha value is -0.530. The summed E-state index contributed by atoms with van der Waals surface area (Å²) in [5.74, 6) is 0. The Morgan fingerprint density at radius 2 is 2.00 bits per heavy atom. The monoisotopic (exact) mass is 190 g/mol. The molecule has 0 aliphatic rings. The summed E-state index contributed by atoms with van der Waals surface area (Å²) in [5.41, 5.74) is 0.473. The van der Waals surface area contributed by atoms with E-state index in [4.69, 9.17) is 23.2 Å². The van der Waals surface area contributed by atoms with Crippen LogP contribution in [0.15, 0.2) is 35.4 Å². The van der Waals surface area contributed by atoms with Crippen molar-refractivity contribution < 1.29 is 4.79 Å². The molecule has 0 aromatic carbocycles. The van der Waals surface area contributed by atoms with Crippen LogP contribution in [0, 0.1) is 0 Å². The lowest BCUT2D eigenvalue weighted by atomic mass is 10.3. The minimum atomic E-state index is -0.463. The van der Waals surface area contributed by atoms with Gasteiger partial charge in [0.1, 0.15) is 0 Å². The predicted molar refractivity (Wildman–Crippen MR) is 48.8 cm³/mol. The van der Waals surface area contributed by atoms with E-state index in [1.165, 1.54) is 0 Å². The van der Waals surface area contributed by atoms with Gasteiger partial charge < -0.3 is 0 Å². The Morgan fingerprint density at radius 1 is 1.45 bits per heavy atom. The van der Waals surface area contributed by atoms with Crippen molar-refractivity contribution >= 4 is 28.4 Å². The van der Waals surface area contributed by atoms with E-state index in [1.54, 1.807) is 25.2 Å². The summed E-state index contributed by atoms with van der Waals surface area (Å²) < 4.78 is 0. The van der Waals surface area contributed by atoms with Crippen molar-refractivity contribution in [2.45, 2.75) is 6.92 Å². The number of allylic oxidation sites excluding steroid dienone is 5. The fourth-order valence-electron chi connectivity index (χ4n) is 0.362. The molecule has 0 aliphatic heterocycles. The minimum Gasteiger partial charge on any atom is -0.276 e. The molecule has 3 heteroatoms. The van der Waals surface area contributed by atoms with Gasteiger partial charge >= 0.3 is 0 Å². The second kappa shape index (κ2) is 5.16. The number of hydrogen-bond donors (Lipinski definition) is 0. The molecule has 0 heterocycles. The molecule has 0 radical (unpaired) electrons. The maximum Gasteiger partial charge on any atom is 0.248 e. The van der Waals surface area contributed by atoms with Crippen LogP contribution in [0.2, 0.25) is 0 Å². The van der Waals surface area contributed by atoms with Crippen LogP contribution in [-0.2, 0) is 4.79 Å². The van der Waals surface area contributed by atoms with E-state index in [0.717, 1.165) is 0 Å². The summed E-state index contributed by atoms with van der Waals surface area (Å²) in [6.45, 7) is 5.05. The van der Waals surface area contributed by atoms with E-state index < -0.39 is 5.24 Å². The zero-order valence-electron chi connectivity index (χ0n) is 6.10. The average Bonchev–Trinajstić information content (AvgIpc) is 1.86. The molecule has 0 N–H and O–H groups in total. The van der Waals surface area contributed by atoms with E-state index in [2.05, 4.69) is 6.58 Å². The summed E-state index contributed by atoms with van der Waals surface area (Å²) in [7, 11) is 0. The van der Waals surface area contributed by atoms with Gasteiger partial charge in [0, 0.05) is 10.6 Å². The lowest BCUT2D eigenvalue weighted by Crippen LogP contribution is -1.85. The lowest BCUT2D eigenvalue weighted by Gasteiger charge is -1.86. The molecule has 11 heavy (non-hydrogen) atoms. The van der Waals surface area contributed by atoms with Crippen molar-refractivity contribution in [2.24, 2.45) is 0 Å². The molecule has 60 valence electrons. The normalized spacial score (nSPS) is 12.1. The Labute approximate surface area is 76.0 Å². The summed E-state index contributed by atoms with van der Waals surface area (Å²) >= 11 is 10.6. The molecule has 0 unspecified atom stereocenters. The van der Waals surface area contributed by atoms with E-state index in [1.807, 2.05) is 0 Å². The van der Waals surface area contributed by atoms with E-state index in [-0.39, 0.29) is 0 Å². The highest BCUT2D eigenvalue weighted by Gasteiger charge is 1.94. The van der Waals surface area contributed by atoms with Gasteiger partial charge in [-0.05, 0) is 24.6 Å². The summed E-state index contributed by atoms with van der Waals surface area (Å²) in [5, 5.41) is -0.0501. The number of carbonyl (C=O) groups is 1. The van der Waals surface area contributed by atoms with Crippen LogP contribution >= 0.6 is 23.2 Å². The molecule has 0 rings (SSSR count). The number of rotatable bonds is 3. The van der Waals surface area contributed by atoms with Crippen LogP contribution in [0.1, 0.15) is 6.92 Å². The van der Waals surface area contributed by atoms with Crippen molar-refractivity contribution in [2.75, 3.05) is 0 Å².